The molecule has 1 amide bonds. The number of Topliss-reactive ketones (excluding diaryl/α,β-unsaturated/α-hetero) is 5. The number of hydrogen-bond acceptors (Lipinski definition) is 8. The Hall–Kier alpha value is -4.29. The molecule has 0 radical (unpaired) electrons. The third-order valence-corrected chi connectivity index (χ3v) is 9.88. The van der Waals surface area contributed by atoms with Gasteiger partial charge in [0.05, 0.1) is 30.1 Å². The van der Waals surface area contributed by atoms with E-state index in [9.17, 15) is 47.0 Å². The minimum absolute atomic E-state index is 0.00245. The van der Waals surface area contributed by atoms with Crippen LogP contribution in [-0.4, -0.2) is 70.0 Å². The van der Waals surface area contributed by atoms with E-state index in [0.29, 0.717) is 0 Å². The van der Waals surface area contributed by atoms with Crippen LogP contribution < -0.4 is 5.32 Å². The van der Waals surface area contributed by atoms with Gasteiger partial charge in [-0.2, -0.15) is 13.2 Å². The van der Waals surface area contributed by atoms with Crippen molar-refractivity contribution in [3.63, 3.8) is 0 Å². The monoisotopic (exact) mass is 637 g/mol. The lowest BCUT2D eigenvalue weighted by molar-refractivity contribution is -0.187. The first-order valence-electron chi connectivity index (χ1n) is 15.0. The number of carbonyl (C=O) groups excluding carboxylic acids is 6. The third kappa shape index (κ3) is 5.04. The number of aliphatic hydroxyl groups is 1. The molecule has 1 saturated carbocycles. The van der Waals surface area contributed by atoms with Crippen LogP contribution in [0.15, 0.2) is 66.7 Å². The lowest BCUT2D eigenvalue weighted by atomic mass is 9.55. The van der Waals surface area contributed by atoms with Gasteiger partial charge in [0.2, 0.25) is 0 Å². The highest BCUT2D eigenvalue weighted by Gasteiger charge is 2.60. The largest absolute Gasteiger partial charge is 0.471 e. The van der Waals surface area contributed by atoms with Crippen molar-refractivity contribution in [2.24, 2.45) is 29.6 Å². The Morgan fingerprint density at radius 1 is 0.935 bits per heavy atom. The fraction of sp³-hybridized carbons (Fsp3) is 0.412. The Morgan fingerprint density at radius 2 is 1.52 bits per heavy atom. The molecule has 0 aromatic heterocycles. The number of fused-ring (bicyclic) bond motifs is 3. The predicted octanol–water partition coefficient (Wildman–Crippen LogP) is 3.49. The van der Waals surface area contributed by atoms with Gasteiger partial charge >= 0.3 is 12.1 Å². The molecule has 1 saturated heterocycles. The van der Waals surface area contributed by atoms with E-state index >= 15 is 0 Å². The second-order valence-electron chi connectivity index (χ2n) is 12.4. The highest BCUT2D eigenvalue weighted by atomic mass is 19.4. The lowest BCUT2D eigenvalue weighted by Gasteiger charge is -2.48. The van der Waals surface area contributed by atoms with Crippen molar-refractivity contribution in [1.29, 1.82) is 0 Å². The second-order valence-corrected chi connectivity index (χ2v) is 12.4. The third-order valence-electron chi connectivity index (χ3n) is 9.88. The van der Waals surface area contributed by atoms with Gasteiger partial charge in [0.25, 0.3) is 0 Å². The van der Waals surface area contributed by atoms with Gasteiger partial charge in [-0.25, -0.2) is 0 Å². The van der Waals surface area contributed by atoms with Gasteiger partial charge in [-0.15, -0.1) is 0 Å². The van der Waals surface area contributed by atoms with Gasteiger partial charge in [0.15, 0.2) is 23.0 Å². The quantitative estimate of drug-likeness (QED) is 0.288. The first-order chi connectivity index (χ1) is 21.7. The lowest BCUT2D eigenvalue weighted by Crippen LogP contribution is -2.68. The summed E-state index contributed by atoms with van der Waals surface area (Å²) in [7, 11) is 0. The molecule has 1 aliphatic heterocycles. The van der Waals surface area contributed by atoms with Crippen LogP contribution in [0.3, 0.4) is 0 Å². The van der Waals surface area contributed by atoms with E-state index in [2.05, 4.69) is 0 Å². The number of carbonyl (C=O) groups is 6. The Kier molecular flexibility index (Phi) is 7.92. The Morgan fingerprint density at radius 3 is 2.13 bits per heavy atom. The molecule has 0 bridgehead atoms. The maximum absolute atomic E-state index is 14.0. The molecule has 6 rings (SSSR count). The van der Waals surface area contributed by atoms with Crippen LogP contribution in [-0.2, 0) is 19.1 Å². The zero-order chi connectivity index (χ0) is 33.1. The van der Waals surface area contributed by atoms with Gasteiger partial charge in [0.1, 0.15) is 11.6 Å². The molecular formula is C34H30F3NO8. The van der Waals surface area contributed by atoms with E-state index in [1.54, 1.807) is 35.7 Å². The predicted molar refractivity (Wildman–Crippen MR) is 154 cm³/mol. The zero-order valence-corrected chi connectivity index (χ0v) is 24.5. The van der Waals surface area contributed by atoms with Gasteiger partial charge in [0, 0.05) is 28.5 Å². The first kappa shape index (κ1) is 31.7. The van der Waals surface area contributed by atoms with Crippen molar-refractivity contribution < 1.29 is 51.8 Å². The summed E-state index contributed by atoms with van der Waals surface area (Å²) in [5.41, 5.74) is -2.40. The average molecular weight is 638 g/mol. The number of benzene rings is 2. The average Bonchev–Trinajstić information content (AvgIpc) is 3.03. The molecule has 9 nitrogen and oxygen atoms in total. The number of hydrogen-bond donors (Lipinski definition) is 2. The summed E-state index contributed by atoms with van der Waals surface area (Å²) in [4.78, 5) is 80.2. The van der Waals surface area contributed by atoms with Crippen molar-refractivity contribution in [2.75, 3.05) is 0 Å². The van der Waals surface area contributed by atoms with Crippen LogP contribution in [0.4, 0.5) is 13.2 Å². The molecule has 12 heteroatoms. The number of halogens is 3. The molecule has 3 aliphatic carbocycles. The van der Waals surface area contributed by atoms with Crippen molar-refractivity contribution in [3.05, 3.63) is 83.4 Å². The summed E-state index contributed by atoms with van der Waals surface area (Å²) in [6.07, 6.45) is -4.61. The van der Waals surface area contributed by atoms with Crippen molar-refractivity contribution in [1.82, 2.24) is 5.32 Å². The van der Waals surface area contributed by atoms with E-state index in [1.807, 2.05) is 0 Å². The molecule has 9 atom stereocenters. The molecule has 240 valence electrons. The highest BCUT2D eigenvalue weighted by molar-refractivity contribution is 6.30. The standard InChI is InChI=1S/C34H30F3NO8/c1-16-33(45,31(43)17-8-3-2-4-9-17)23(38-32(44)34(35,36)37)15-19(46-16)14-18-10-7-13-22-24(18)30(42)26-25(29(22)41)27(39)20-11-5-6-12-21(20)28(26)40/h2-12,16,18-19,22-26,45H,13-15H2,1H3,(H,38,44)/t16-,18?,19+,22?,23+,24?,25?,26?,33+/m1/s1. The second kappa shape index (κ2) is 11.5. The SMILES string of the molecule is C[C@H]1O[C@@H](CC2C=CCC3C(=O)C4C(=O)c5ccccc5C(=O)C4C(=O)C23)C[C@H](NC(=O)C(F)(F)F)[C@]1(O)C(=O)c1ccccc1. The summed E-state index contributed by atoms with van der Waals surface area (Å²) in [5.74, 6) is -11.1. The number of rotatable bonds is 5. The van der Waals surface area contributed by atoms with Crippen molar-refractivity contribution in [3.8, 4) is 0 Å². The molecule has 2 aromatic carbocycles. The molecule has 2 aromatic rings. The van der Waals surface area contributed by atoms with Crippen LogP contribution in [0.5, 0.6) is 0 Å². The van der Waals surface area contributed by atoms with Crippen LogP contribution in [0.25, 0.3) is 0 Å². The molecule has 46 heavy (non-hydrogen) atoms. The number of alkyl halides is 3. The van der Waals surface area contributed by atoms with Crippen LogP contribution >= 0.6 is 0 Å². The summed E-state index contributed by atoms with van der Waals surface area (Å²) >= 11 is 0. The van der Waals surface area contributed by atoms with Gasteiger partial charge in [-0.1, -0.05) is 66.7 Å². The number of ether oxygens (including phenoxy) is 1. The van der Waals surface area contributed by atoms with E-state index in [4.69, 9.17) is 4.74 Å². The van der Waals surface area contributed by atoms with E-state index in [1.165, 1.54) is 43.3 Å². The Labute approximate surface area is 261 Å². The maximum atomic E-state index is 14.0. The van der Waals surface area contributed by atoms with Crippen LogP contribution in [0, 0.1) is 29.6 Å². The molecule has 5 unspecified atom stereocenters. The first-order valence-corrected chi connectivity index (χ1v) is 15.0. The summed E-state index contributed by atoms with van der Waals surface area (Å²) < 4.78 is 46.1. The summed E-state index contributed by atoms with van der Waals surface area (Å²) in [6, 6.07) is 11.7. The molecule has 4 aliphatic rings. The molecular weight excluding hydrogens is 607 g/mol. The van der Waals surface area contributed by atoms with E-state index < -0.39 is 101 Å². The molecule has 2 fully saturated rings. The van der Waals surface area contributed by atoms with Crippen molar-refractivity contribution >= 4 is 34.8 Å². The minimum Gasteiger partial charge on any atom is -0.377 e. The van der Waals surface area contributed by atoms with Gasteiger partial charge in [-0.3, -0.25) is 28.8 Å². The fourth-order valence-electron chi connectivity index (χ4n) is 7.67. The normalized spacial score (nSPS) is 33.9. The number of ketones is 5. The fourth-order valence-corrected chi connectivity index (χ4v) is 7.67. The number of allylic oxidation sites excluding steroid dienone is 2. The summed E-state index contributed by atoms with van der Waals surface area (Å²) in [6.45, 7) is 1.31. The van der Waals surface area contributed by atoms with Crippen LogP contribution in [0.1, 0.15) is 57.3 Å². The van der Waals surface area contributed by atoms with Crippen LogP contribution in [0.2, 0.25) is 0 Å². The smallest absolute Gasteiger partial charge is 0.377 e. The van der Waals surface area contributed by atoms with Crippen molar-refractivity contribution in [2.45, 2.75) is 56.2 Å². The summed E-state index contributed by atoms with van der Waals surface area (Å²) in [5, 5.41) is 13.4. The Balaban J connectivity index is 1.29. The minimum atomic E-state index is -5.30. The van der Waals surface area contributed by atoms with E-state index in [0.717, 1.165) is 0 Å². The number of amides is 1. The number of nitrogens with one attached hydrogen (secondary N) is 1. The maximum Gasteiger partial charge on any atom is 0.471 e. The Bertz CT molecular complexity index is 1670. The molecule has 1 heterocycles. The van der Waals surface area contributed by atoms with Gasteiger partial charge in [-0.05, 0) is 32.1 Å². The zero-order valence-electron chi connectivity index (χ0n) is 24.5. The van der Waals surface area contributed by atoms with Gasteiger partial charge < -0.3 is 15.2 Å². The molecule has 0 spiro atoms. The molecule has 2 N–H and O–H groups in total. The topological polar surface area (TPSA) is 144 Å². The van der Waals surface area contributed by atoms with E-state index in [-0.39, 0.29) is 29.5 Å². The highest BCUT2D eigenvalue weighted by Crippen LogP contribution is 2.48.